The number of benzene rings is 1. The van der Waals surface area contributed by atoms with Crippen molar-refractivity contribution in [1.29, 1.82) is 0 Å². The van der Waals surface area contributed by atoms with E-state index in [1.54, 1.807) is 0 Å². The zero-order chi connectivity index (χ0) is 12.8. The first kappa shape index (κ1) is 13.7. The van der Waals surface area contributed by atoms with Crippen LogP contribution in [0.25, 0.3) is 0 Å². The number of hydrogen-bond donors (Lipinski definition) is 0. The maximum atomic E-state index is 5.97. The largest absolute Gasteiger partial charge is 0.494 e. The van der Waals surface area contributed by atoms with Crippen LogP contribution >= 0.6 is 11.6 Å². The van der Waals surface area contributed by atoms with Gasteiger partial charge in [0, 0.05) is 24.7 Å². The Morgan fingerprint density at radius 2 is 2.11 bits per heavy atom. The van der Waals surface area contributed by atoms with Crippen molar-refractivity contribution in [3.63, 3.8) is 0 Å². The highest BCUT2D eigenvalue weighted by Crippen LogP contribution is 2.21. The van der Waals surface area contributed by atoms with Gasteiger partial charge in [0.05, 0.1) is 19.8 Å². The van der Waals surface area contributed by atoms with Crippen molar-refractivity contribution < 1.29 is 9.47 Å². The lowest BCUT2D eigenvalue weighted by Crippen LogP contribution is -2.37. The molecule has 0 spiro atoms. The predicted molar refractivity (Wildman–Crippen MR) is 73.6 cm³/mol. The molecule has 1 aliphatic heterocycles. The molecule has 100 valence electrons. The van der Waals surface area contributed by atoms with Crippen molar-refractivity contribution in [3.05, 3.63) is 28.8 Å². The van der Waals surface area contributed by atoms with E-state index in [1.165, 1.54) is 0 Å². The van der Waals surface area contributed by atoms with Gasteiger partial charge in [0.15, 0.2) is 0 Å². The third kappa shape index (κ3) is 4.16. The fraction of sp³-hybridized carbons (Fsp3) is 0.571. The maximum Gasteiger partial charge on any atom is 0.119 e. The third-order valence-electron chi connectivity index (χ3n) is 3.12. The number of aryl methyl sites for hydroxylation is 1. The summed E-state index contributed by atoms with van der Waals surface area (Å²) >= 11 is 5.97. The summed E-state index contributed by atoms with van der Waals surface area (Å²) in [5.41, 5.74) is 1.06. The number of hydrogen-bond acceptors (Lipinski definition) is 3. The lowest BCUT2D eigenvalue weighted by Gasteiger charge is -2.26. The number of morpholine rings is 1. The van der Waals surface area contributed by atoms with E-state index in [0.717, 1.165) is 62.2 Å². The van der Waals surface area contributed by atoms with Crippen LogP contribution in [0, 0.1) is 6.92 Å². The molecule has 1 fully saturated rings. The molecule has 1 aromatic carbocycles. The van der Waals surface area contributed by atoms with Crippen molar-refractivity contribution >= 4 is 11.6 Å². The Labute approximate surface area is 114 Å². The number of rotatable bonds is 5. The Bertz CT molecular complexity index is 378. The second kappa shape index (κ2) is 6.98. The molecule has 0 atom stereocenters. The molecule has 1 aliphatic rings. The van der Waals surface area contributed by atoms with Crippen molar-refractivity contribution in [3.8, 4) is 5.75 Å². The van der Waals surface area contributed by atoms with Gasteiger partial charge in [0.25, 0.3) is 0 Å². The Kier molecular flexibility index (Phi) is 5.29. The van der Waals surface area contributed by atoms with E-state index in [-0.39, 0.29) is 0 Å². The van der Waals surface area contributed by atoms with Crippen LogP contribution in [0.2, 0.25) is 5.02 Å². The van der Waals surface area contributed by atoms with E-state index in [9.17, 15) is 0 Å². The monoisotopic (exact) mass is 269 g/mol. The summed E-state index contributed by atoms with van der Waals surface area (Å²) in [7, 11) is 0. The number of halogens is 1. The first-order valence-electron chi connectivity index (χ1n) is 6.45. The zero-order valence-electron chi connectivity index (χ0n) is 10.8. The minimum absolute atomic E-state index is 0.748. The Morgan fingerprint density at radius 3 is 2.83 bits per heavy atom. The topological polar surface area (TPSA) is 21.7 Å². The van der Waals surface area contributed by atoms with Gasteiger partial charge >= 0.3 is 0 Å². The minimum Gasteiger partial charge on any atom is -0.494 e. The minimum atomic E-state index is 0.748. The molecule has 0 aliphatic carbocycles. The van der Waals surface area contributed by atoms with Crippen molar-refractivity contribution in [2.45, 2.75) is 13.3 Å². The van der Waals surface area contributed by atoms with Gasteiger partial charge in [0.1, 0.15) is 5.75 Å². The van der Waals surface area contributed by atoms with Gasteiger partial charge in [-0.25, -0.2) is 0 Å². The average molecular weight is 270 g/mol. The van der Waals surface area contributed by atoms with Crippen LogP contribution in [-0.2, 0) is 4.74 Å². The van der Waals surface area contributed by atoms with Gasteiger partial charge in [-0.2, -0.15) is 0 Å². The molecular formula is C14H20ClNO2. The third-order valence-corrected chi connectivity index (χ3v) is 3.54. The first-order chi connectivity index (χ1) is 8.75. The van der Waals surface area contributed by atoms with Gasteiger partial charge in [-0.1, -0.05) is 11.6 Å². The van der Waals surface area contributed by atoms with Crippen LogP contribution in [0.15, 0.2) is 18.2 Å². The quantitative estimate of drug-likeness (QED) is 0.768. The molecule has 2 rings (SSSR count). The number of nitrogens with zero attached hydrogens (tertiary/aromatic N) is 1. The van der Waals surface area contributed by atoms with Gasteiger partial charge in [0.2, 0.25) is 0 Å². The van der Waals surface area contributed by atoms with Crippen molar-refractivity contribution in [1.82, 2.24) is 4.90 Å². The molecule has 3 nitrogen and oxygen atoms in total. The van der Waals surface area contributed by atoms with Crippen LogP contribution in [0.5, 0.6) is 5.75 Å². The molecule has 18 heavy (non-hydrogen) atoms. The molecule has 1 aromatic rings. The zero-order valence-corrected chi connectivity index (χ0v) is 11.6. The molecule has 0 unspecified atom stereocenters. The number of ether oxygens (including phenoxy) is 2. The lowest BCUT2D eigenvalue weighted by atomic mass is 10.2. The molecule has 0 aromatic heterocycles. The molecule has 1 saturated heterocycles. The molecule has 0 radical (unpaired) electrons. The standard InChI is InChI=1S/C14H20ClNO2/c1-12-11-13(3-4-14(12)15)18-8-2-5-16-6-9-17-10-7-16/h3-4,11H,2,5-10H2,1H3. The summed E-state index contributed by atoms with van der Waals surface area (Å²) in [4.78, 5) is 2.42. The highest BCUT2D eigenvalue weighted by molar-refractivity contribution is 6.31. The maximum absolute atomic E-state index is 5.97. The first-order valence-corrected chi connectivity index (χ1v) is 6.82. The summed E-state index contributed by atoms with van der Waals surface area (Å²) in [6, 6.07) is 5.79. The molecular weight excluding hydrogens is 250 g/mol. The molecule has 4 heteroatoms. The molecule has 0 bridgehead atoms. The predicted octanol–water partition coefficient (Wildman–Crippen LogP) is 2.75. The van der Waals surface area contributed by atoms with E-state index < -0.39 is 0 Å². The average Bonchev–Trinajstić information content (AvgIpc) is 2.40. The van der Waals surface area contributed by atoms with Crippen molar-refractivity contribution in [2.24, 2.45) is 0 Å². The lowest BCUT2D eigenvalue weighted by molar-refractivity contribution is 0.0358. The molecule has 0 saturated carbocycles. The highest BCUT2D eigenvalue weighted by Gasteiger charge is 2.09. The SMILES string of the molecule is Cc1cc(OCCCN2CCOCC2)ccc1Cl. The van der Waals surface area contributed by atoms with Crippen LogP contribution in [0.4, 0.5) is 0 Å². The van der Waals surface area contributed by atoms with Crippen LogP contribution < -0.4 is 4.74 Å². The molecule has 1 heterocycles. The fourth-order valence-electron chi connectivity index (χ4n) is 2.01. The Hall–Kier alpha value is -0.770. The van der Waals surface area contributed by atoms with Crippen LogP contribution in [-0.4, -0.2) is 44.4 Å². The van der Waals surface area contributed by atoms with Gasteiger partial charge < -0.3 is 9.47 Å². The molecule has 0 N–H and O–H groups in total. The second-order valence-corrected chi connectivity index (χ2v) is 4.97. The Balaban J connectivity index is 1.66. The van der Waals surface area contributed by atoms with Crippen LogP contribution in [0.1, 0.15) is 12.0 Å². The smallest absolute Gasteiger partial charge is 0.119 e. The van der Waals surface area contributed by atoms with Crippen LogP contribution in [0.3, 0.4) is 0 Å². The van der Waals surface area contributed by atoms with Gasteiger partial charge in [-0.3, -0.25) is 4.90 Å². The van der Waals surface area contributed by atoms with E-state index in [2.05, 4.69) is 4.90 Å². The Morgan fingerprint density at radius 1 is 1.33 bits per heavy atom. The summed E-state index contributed by atoms with van der Waals surface area (Å²) in [5, 5.41) is 0.788. The normalized spacial score (nSPS) is 16.8. The molecule has 0 amide bonds. The summed E-state index contributed by atoms with van der Waals surface area (Å²) < 4.78 is 11.0. The second-order valence-electron chi connectivity index (χ2n) is 4.57. The van der Waals surface area contributed by atoms with E-state index in [1.807, 2.05) is 25.1 Å². The van der Waals surface area contributed by atoms with E-state index in [4.69, 9.17) is 21.1 Å². The van der Waals surface area contributed by atoms with E-state index >= 15 is 0 Å². The fourth-order valence-corrected chi connectivity index (χ4v) is 2.13. The highest BCUT2D eigenvalue weighted by atomic mass is 35.5. The summed E-state index contributed by atoms with van der Waals surface area (Å²) in [6.45, 7) is 7.62. The summed E-state index contributed by atoms with van der Waals surface area (Å²) in [5.74, 6) is 0.902. The van der Waals surface area contributed by atoms with Crippen molar-refractivity contribution in [2.75, 3.05) is 39.5 Å². The van der Waals surface area contributed by atoms with Gasteiger partial charge in [-0.15, -0.1) is 0 Å². The van der Waals surface area contributed by atoms with E-state index in [0.29, 0.717) is 0 Å². The summed E-state index contributed by atoms with van der Waals surface area (Å²) in [6.07, 6.45) is 1.04. The van der Waals surface area contributed by atoms with Gasteiger partial charge in [-0.05, 0) is 37.1 Å².